The fourth-order valence-corrected chi connectivity index (χ4v) is 13.4. The van der Waals surface area contributed by atoms with E-state index in [4.69, 9.17) is 44.6 Å². The molecule has 5 aromatic rings. The molecule has 3 aliphatic heterocycles. The molecule has 0 aromatic heterocycles. The number of nitro benzene ring substituents is 2. The lowest BCUT2D eigenvalue weighted by Gasteiger charge is -2.34. The first-order chi connectivity index (χ1) is 43.8. The third-order valence-corrected chi connectivity index (χ3v) is 18.5. The van der Waals surface area contributed by atoms with Gasteiger partial charge in [0.2, 0.25) is 20.0 Å². The SMILES string of the molecule is CC(C)CN(C[C@@H](OC(=O)N1CC[C@@H](N)C1)[C@H](Cc1ccccc1)NC(=O)O[C@H]1CCOC1)S(=O)(=O)c1ccc(N)cc1.CC(C)CN(C[C@@H](OC(=O)Oc1ccc([N+](=O)[O-])cc1)[C@H](Cc1ccccc1)NC(=O)O[C@H]1CCOC1)S(=O)(=O)c1ccc([N+](=O)[O-])cc1. The minimum atomic E-state index is -4.34. The van der Waals surface area contributed by atoms with Crippen molar-refractivity contribution in [2.24, 2.45) is 17.6 Å². The molecule has 8 rings (SSSR count). The Morgan fingerprint density at radius 3 is 1.42 bits per heavy atom. The van der Waals surface area contributed by atoms with Crippen LogP contribution < -0.4 is 26.8 Å². The van der Waals surface area contributed by atoms with Crippen molar-refractivity contribution in [1.82, 2.24) is 24.1 Å². The Labute approximate surface area is 534 Å². The highest BCUT2D eigenvalue weighted by molar-refractivity contribution is 7.89. The first kappa shape index (κ1) is 70.9. The van der Waals surface area contributed by atoms with Gasteiger partial charge in [0.05, 0.1) is 71.2 Å². The van der Waals surface area contributed by atoms with Gasteiger partial charge in [-0.15, -0.1) is 0 Å². The zero-order valence-corrected chi connectivity index (χ0v) is 53.1. The number of nitrogen functional groups attached to an aromatic ring is 1. The summed E-state index contributed by atoms with van der Waals surface area (Å²) in [5.41, 5.74) is 13.3. The van der Waals surface area contributed by atoms with Crippen LogP contribution in [0, 0.1) is 32.1 Å². The van der Waals surface area contributed by atoms with Crippen LogP contribution in [0.25, 0.3) is 0 Å². The van der Waals surface area contributed by atoms with Gasteiger partial charge >= 0.3 is 24.4 Å². The van der Waals surface area contributed by atoms with Crippen molar-refractivity contribution in [2.75, 3.05) is 71.4 Å². The summed E-state index contributed by atoms with van der Waals surface area (Å²) in [6, 6.07) is 31.1. The van der Waals surface area contributed by atoms with E-state index < -0.39 is 97.4 Å². The zero-order valence-electron chi connectivity index (χ0n) is 51.5. The third-order valence-electron chi connectivity index (χ3n) is 14.8. The fourth-order valence-electron chi connectivity index (χ4n) is 10.1. The molecule has 28 nitrogen and oxygen atoms in total. The number of likely N-dealkylation sites (tertiary alicyclic amines) is 1. The van der Waals surface area contributed by atoms with Crippen LogP contribution in [0.15, 0.2) is 143 Å². The maximum Gasteiger partial charge on any atom is 0.514 e. The molecule has 3 fully saturated rings. The Morgan fingerprint density at radius 1 is 0.609 bits per heavy atom. The molecule has 3 saturated heterocycles. The molecule has 0 radical (unpaired) electrons. The van der Waals surface area contributed by atoms with Crippen LogP contribution in [0.3, 0.4) is 0 Å². The van der Waals surface area contributed by atoms with Crippen LogP contribution >= 0.6 is 0 Å². The summed E-state index contributed by atoms with van der Waals surface area (Å²) in [6.45, 7) is 8.92. The molecule has 498 valence electrons. The number of non-ortho nitro benzene ring substituents is 2. The number of ether oxygens (including phenoxy) is 7. The first-order valence-corrected chi connectivity index (χ1v) is 32.8. The van der Waals surface area contributed by atoms with Gasteiger partial charge in [0.15, 0.2) is 0 Å². The highest BCUT2D eigenvalue weighted by Gasteiger charge is 2.39. The molecule has 3 heterocycles. The molecule has 3 amide bonds. The van der Waals surface area contributed by atoms with E-state index in [2.05, 4.69) is 10.6 Å². The zero-order chi connectivity index (χ0) is 66.5. The maximum atomic E-state index is 14.0. The Bertz CT molecular complexity index is 3460. The Kier molecular flexibility index (Phi) is 26.0. The van der Waals surface area contributed by atoms with Crippen molar-refractivity contribution in [3.63, 3.8) is 0 Å². The molecule has 5 aromatic carbocycles. The van der Waals surface area contributed by atoms with Crippen molar-refractivity contribution in [2.45, 2.75) is 112 Å². The molecular weight excluding hydrogens is 1240 g/mol. The summed E-state index contributed by atoms with van der Waals surface area (Å²) in [6.07, 6.45) is -4.78. The summed E-state index contributed by atoms with van der Waals surface area (Å²) in [5.74, 6) is -0.363. The van der Waals surface area contributed by atoms with Gasteiger partial charge in [-0.25, -0.2) is 36.0 Å². The van der Waals surface area contributed by atoms with E-state index in [0.717, 1.165) is 46.3 Å². The van der Waals surface area contributed by atoms with E-state index in [0.29, 0.717) is 63.4 Å². The number of nitro groups is 2. The van der Waals surface area contributed by atoms with Gasteiger partial charge in [-0.3, -0.25) is 20.2 Å². The molecule has 0 spiro atoms. The van der Waals surface area contributed by atoms with Crippen molar-refractivity contribution in [3.05, 3.63) is 165 Å². The smallest absolute Gasteiger partial charge is 0.444 e. The number of carbonyl (C=O) groups excluding carboxylic acids is 4. The number of amides is 3. The normalized spacial score (nSPS) is 17.8. The highest BCUT2D eigenvalue weighted by atomic mass is 32.2. The monoisotopic (exact) mass is 1320 g/mol. The van der Waals surface area contributed by atoms with Crippen LogP contribution in [0.5, 0.6) is 5.75 Å². The largest absolute Gasteiger partial charge is 0.514 e. The lowest BCUT2D eigenvalue weighted by molar-refractivity contribution is -0.385. The minimum Gasteiger partial charge on any atom is -0.444 e. The van der Waals surface area contributed by atoms with E-state index in [-0.39, 0.29) is 83.9 Å². The molecule has 0 aliphatic carbocycles. The Hall–Kier alpha value is -8.52. The predicted octanol–water partition coefficient (Wildman–Crippen LogP) is 7.44. The van der Waals surface area contributed by atoms with Gasteiger partial charge in [-0.2, -0.15) is 8.61 Å². The fraction of sp³-hybridized carbons (Fsp3) is 0.452. The number of hydrogen-bond acceptors (Lipinski definition) is 21. The standard InChI is InChI=1S/C32H36N4O12S.C30H43N5O7S/c1-22(2)19-34(49(43,44)28-14-10-25(11-15-28)36(41)42)20-30(48-32(38)47-26-12-8-24(9-13-26)35(39)40)29(18-23-6-4-3-5-7-23)33-31(37)46-27-16-17-45-21-27;1-21(2)17-35(43(38,39)26-10-8-23(31)9-11-26)19-28(42-30(37)34-14-12-24(32)18-34)27(16-22-6-4-3-5-7-22)33-29(36)41-25-13-15-40-20-25/h3-15,22,27,29-30H,16-21H2,1-2H3,(H,33,37);3-11,21,24-25,27-28H,12-20,31-32H2,1-2H3,(H,33,36)/t27-,29-,30+;24-,25+,27+,28-/m01/s1. The van der Waals surface area contributed by atoms with Gasteiger partial charge in [0, 0.05) is 75.0 Å². The number of nitrogens with two attached hydrogens (primary N) is 2. The van der Waals surface area contributed by atoms with Crippen molar-refractivity contribution >= 4 is 61.5 Å². The second-order valence-electron chi connectivity index (χ2n) is 23.1. The summed E-state index contributed by atoms with van der Waals surface area (Å²) in [7, 11) is -8.37. The van der Waals surface area contributed by atoms with Gasteiger partial charge in [-0.1, -0.05) is 88.4 Å². The Balaban J connectivity index is 0.000000263. The molecule has 92 heavy (non-hydrogen) atoms. The van der Waals surface area contributed by atoms with E-state index in [1.165, 1.54) is 45.6 Å². The average molecular weight is 1320 g/mol. The van der Waals surface area contributed by atoms with Crippen molar-refractivity contribution in [1.29, 1.82) is 0 Å². The van der Waals surface area contributed by atoms with E-state index in [1.807, 2.05) is 44.2 Å². The molecule has 7 atom stereocenters. The third kappa shape index (κ3) is 21.6. The molecule has 3 aliphatic rings. The van der Waals surface area contributed by atoms with E-state index in [1.54, 1.807) is 44.2 Å². The summed E-state index contributed by atoms with van der Waals surface area (Å²) < 4.78 is 97.0. The second-order valence-corrected chi connectivity index (χ2v) is 27.0. The highest BCUT2D eigenvalue weighted by Crippen LogP contribution is 2.27. The predicted molar refractivity (Wildman–Crippen MR) is 335 cm³/mol. The number of alkyl carbamates (subject to hydrolysis) is 2. The molecule has 6 N–H and O–H groups in total. The maximum absolute atomic E-state index is 14.0. The summed E-state index contributed by atoms with van der Waals surface area (Å²) in [5, 5.41) is 27.9. The van der Waals surface area contributed by atoms with Crippen molar-refractivity contribution < 1.29 is 79.0 Å². The molecule has 0 saturated carbocycles. The average Bonchev–Trinajstić information content (AvgIpc) is 0.914. The van der Waals surface area contributed by atoms with Crippen LogP contribution in [0.1, 0.15) is 58.1 Å². The molecule has 0 bridgehead atoms. The van der Waals surface area contributed by atoms with Crippen LogP contribution in [-0.4, -0.2) is 173 Å². The summed E-state index contributed by atoms with van der Waals surface area (Å²) >= 11 is 0. The first-order valence-electron chi connectivity index (χ1n) is 29.9. The lowest BCUT2D eigenvalue weighted by Crippen LogP contribution is -2.54. The molecule has 0 unspecified atom stereocenters. The number of nitrogens with zero attached hydrogens (tertiary/aromatic N) is 5. The van der Waals surface area contributed by atoms with Gasteiger partial charge in [0.1, 0.15) is 30.2 Å². The number of rotatable bonds is 27. The van der Waals surface area contributed by atoms with Gasteiger partial charge < -0.3 is 60.2 Å². The number of carbonyl (C=O) groups is 4. The number of hydrogen-bond donors (Lipinski definition) is 4. The minimum absolute atomic E-state index is 0.0515. The van der Waals surface area contributed by atoms with Crippen LogP contribution in [0.4, 0.5) is 36.2 Å². The van der Waals surface area contributed by atoms with E-state index in [9.17, 15) is 56.2 Å². The van der Waals surface area contributed by atoms with E-state index >= 15 is 0 Å². The van der Waals surface area contributed by atoms with Gasteiger partial charge in [0.25, 0.3) is 11.4 Å². The number of benzene rings is 5. The number of anilines is 1. The van der Waals surface area contributed by atoms with Gasteiger partial charge in [-0.05, 0) is 90.8 Å². The quantitative estimate of drug-likeness (QED) is 0.00990. The topological polar surface area (TPSA) is 373 Å². The Morgan fingerprint density at radius 2 is 1.03 bits per heavy atom. The molecule has 30 heteroatoms. The number of nitrogens with one attached hydrogen (secondary N) is 2. The molecular formula is C62H79N9O19S2. The van der Waals surface area contributed by atoms with Crippen LogP contribution in [-0.2, 0) is 61.3 Å². The van der Waals surface area contributed by atoms with Crippen LogP contribution in [0.2, 0.25) is 0 Å². The van der Waals surface area contributed by atoms with Crippen molar-refractivity contribution in [3.8, 4) is 5.75 Å². The number of sulfonamides is 2. The summed E-state index contributed by atoms with van der Waals surface area (Å²) in [4.78, 5) is 75.1. The second kappa shape index (κ2) is 33.7. The lowest BCUT2D eigenvalue weighted by atomic mass is 10.0.